The number of thioether (sulfide) groups is 1. The minimum absolute atomic E-state index is 0.0188. The molecule has 3 rings (SSSR count). The van der Waals surface area contributed by atoms with Crippen LogP contribution in [-0.2, 0) is 14.4 Å². The molecule has 0 radical (unpaired) electrons. The molecule has 0 aromatic heterocycles. The van der Waals surface area contributed by atoms with Crippen LogP contribution in [0.15, 0.2) is 58.7 Å². The Kier molecular flexibility index (Phi) is 7.61. The minimum atomic E-state index is -0.609. The standard InChI is InChI=1S/C22H23N5O4S/c1-13(15-7-6-8-16(11-15)23-14(2)28)26-27-22-25-21(30)19(32-22)12-20(29)24-17-9-4-5-10-18(17)31-3/h4-11,19H,12H2,1-3H3,(H,23,28)(H,24,29)(H,25,27,30)/b26-13-/t19-/m1/s1. The van der Waals surface area contributed by atoms with Crippen LogP contribution in [0.25, 0.3) is 0 Å². The Morgan fingerprint density at radius 2 is 1.91 bits per heavy atom. The fourth-order valence-corrected chi connectivity index (χ4v) is 3.83. The van der Waals surface area contributed by atoms with Crippen molar-refractivity contribution >= 4 is 51.7 Å². The molecule has 1 atom stereocenters. The van der Waals surface area contributed by atoms with E-state index in [9.17, 15) is 14.4 Å². The predicted molar refractivity (Wildman–Crippen MR) is 126 cm³/mol. The number of amidine groups is 1. The van der Waals surface area contributed by atoms with Crippen molar-refractivity contribution in [2.24, 2.45) is 10.2 Å². The zero-order chi connectivity index (χ0) is 23.1. The van der Waals surface area contributed by atoms with E-state index in [4.69, 9.17) is 4.74 Å². The Morgan fingerprint density at radius 1 is 1.12 bits per heavy atom. The quantitative estimate of drug-likeness (QED) is 0.440. The smallest absolute Gasteiger partial charge is 0.240 e. The normalized spacial score (nSPS) is 17.1. The number of carbonyl (C=O) groups excluding carboxylic acids is 3. The van der Waals surface area contributed by atoms with E-state index in [0.717, 1.165) is 17.3 Å². The topological polar surface area (TPSA) is 121 Å². The number of hydrogen-bond donors (Lipinski definition) is 3. The summed E-state index contributed by atoms with van der Waals surface area (Å²) in [5, 5.41) is 16.1. The summed E-state index contributed by atoms with van der Waals surface area (Å²) in [6.45, 7) is 3.21. The van der Waals surface area contributed by atoms with Crippen molar-refractivity contribution < 1.29 is 19.1 Å². The molecule has 1 saturated heterocycles. The molecule has 2 aromatic rings. The van der Waals surface area contributed by atoms with Crippen LogP contribution in [0, 0.1) is 0 Å². The van der Waals surface area contributed by atoms with Gasteiger partial charge in [-0.05, 0) is 36.8 Å². The first-order chi connectivity index (χ1) is 15.4. The molecule has 1 aliphatic rings. The molecule has 9 nitrogen and oxygen atoms in total. The fraction of sp³-hybridized carbons (Fsp3) is 0.227. The molecule has 0 bridgehead atoms. The van der Waals surface area contributed by atoms with Crippen molar-refractivity contribution in [3.63, 3.8) is 0 Å². The number of amides is 3. The number of para-hydroxylation sites is 2. The van der Waals surface area contributed by atoms with Crippen LogP contribution in [0.5, 0.6) is 5.75 Å². The van der Waals surface area contributed by atoms with Crippen molar-refractivity contribution in [3.8, 4) is 5.75 Å². The first kappa shape index (κ1) is 23.0. The highest BCUT2D eigenvalue weighted by molar-refractivity contribution is 8.15. The molecule has 0 unspecified atom stereocenters. The van der Waals surface area contributed by atoms with Crippen LogP contribution in [0.2, 0.25) is 0 Å². The van der Waals surface area contributed by atoms with Crippen LogP contribution in [0.1, 0.15) is 25.8 Å². The van der Waals surface area contributed by atoms with E-state index in [-0.39, 0.29) is 24.1 Å². The average Bonchev–Trinajstić information content (AvgIpc) is 3.11. The summed E-state index contributed by atoms with van der Waals surface area (Å²) in [4.78, 5) is 35.9. The van der Waals surface area contributed by atoms with E-state index < -0.39 is 5.25 Å². The van der Waals surface area contributed by atoms with Crippen molar-refractivity contribution in [3.05, 3.63) is 54.1 Å². The van der Waals surface area contributed by atoms with Crippen LogP contribution in [-0.4, -0.2) is 41.0 Å². The zero-order valence-electron chi connectivity index (χ0n) is 17.8. The number of nitrogens with zero attached hydrogens (tertiary/aromatic N) is 2. The summed E-state index contributed by atoms with van der Waals surface area (Å²) >= 11 is 1.15. The van der Waals surface area contributed by atoms with Gasteiger partial charge in [-0.3, -0.25) is 14.4 Å². The number of ether oxygens (including phenoxy) is 1. The SMILES string of the molecule is COc1ccccc1NC(=O)C[C@H]1S/C(=N/N=C(/C)c2cccc(NC(C)=O)c2)NC1=O. The van der Waals surface area contributed by atoms with Gasteiger partial charge in [0.05, 0.1) is 18.5 Å². The molecule has 0 spiro atoms. The van der Waals surface area contributed by atoms with Crippen LogP contribution >= 0.6 is 11.8 Å². The Balaban J connectivity index is 1.62. The molecular weight excluding hydrogens is 430 g/mol. The fourth-order valence-electron chi connectivity index (χ4n) is 2.91. The zero-order valence-corrected chi connectivity index (χ0v) is 18.7. The molecule has 1 aliphatic heterocycles. The lowest BCUT2D eigenvalue weighted by atomic mass is 10.1. The summed E-state index contributed by atoms with van der Waals surface area (Å²) in [6, 6.07) is 14.3. The largest absolute Gasteiger partial charge is 0.495 e. The summed E-state index contributed by atoms with van der Waals surface area (Å²) in [5.41, 5.74) is 2.58. The molecule has 1 fully saturated rings. The van der Waals surface area contributed by atoms with E-state index in [1.807, 2.05) is 6.07 Å². The van der Waals surface area contributed by atoms with Gasteiger partial charge in [0.25, 0.3) is 0 Å². The Labute approximate surface area is 189 Å². The Morgan fingerprint density at radius 3 is 2.66 bits per heavy atom. The van der Waals surface area contributed by atoms with Gasteiger partial charge in [-0.25, -0.2) is 0 Å². The number of anilines is 2. The number of rotatable bonds is 7. The maximum Gasteiger partial charge on any atom is 0.240 e. The summed E-state index contributed by atoms with van der Waals surface area (Å²) < 4.78 is 5.22. The minimum Gasteiger partial charge on any atom is -0.495 e. The van der Waals surface area contributed by atoms with Gasteiger partial charge in [0, 0.05) is 19.0 Å². The second-order valence-electron chi connectivity index (χ2n) is 6.90. The molecule has 166 valence electrons. The highest BCUT2D eigenvalue weighted by Crippen LogP contribution is 2.26. The lowest BCUT2D eigenvalue weighted by Crippen LogP contribution is -2.28. The van der Waals surface area contributed by atoms with E-state index >= 15 is 0 Å². The maximum absolute atomic E-state index is 12.4. The number of methoxy groups -OCH3 is 1. The van der Waals surface area contributed by atoms with Crippen LogP contribution < -0.4 is 20.7 Å². The first-order valence-electron chi connectivity index (χ1n) is 9.76. The number of hydrogen-bond acceptors (Lipinski definition) is 7. The Bertz CT molecular complexity index is 1100. The molecule has 32 heavy (non-hydrogen) atoms. The Hall–Kier alpha value is -3.66. The monoisotopic (exact) mass is 453 g/mol. The van der Waals surface area contributed by atoms with Crippen molar-refractivity contribution in [2.75, 3.05) is 17.7 Å². The molecule has 10 heteroatoms. The second kappa shape index (κ2) is 10.6. The number of carbonyl (C=O) groups is 3. The molecule has 2 aromatic carbocycles. The van der Waals surface area contributed by atoms with Gasteiger partial charge in [-0.2, -0.15) is 5.10 Å². The van der Waals surface area contributed by atoms with Gasteiger partial charge in [0.1, 0.15) is 11.0 Å². The molecule has 0 saturated carbocycles. The highest BCUT2D eigenvalue weighted by Gasteiger charge is 2.32. The van der Waals surface area contributed by atoms with Crippen LogP contribution in [0.3, 0.4) is 0 Å². The van der Waals surface area contributed by atoms with Gasteiger partial charge >= 0.3 is 0 Å². The van der Waals surface area contributed by atoms with Crippen molar-refractivity contribution in [2.45, 2.75) is 25.5 Å². The summed E-state index contributed by atoms with van der Waals surface area (Å²) in [5.74, 6) is -0.232. The average molecular weight is 454 g/mol. The molecule has 0 aliphatic carbocycles. The molecule has 3 N–H and O–H groups in total. The molecular formula is C22H23N5O4S. The van der Waals surface area contributed by atoms with Gasteiger partial charge in [-0.1, -0.05) is 36.0 Å². The molecule has 3 amide bonds. The number of benzene rings is 2. The summed E-state index contributed by atoms with van der Waals surface area (Å²) in [6.07, 6.45) is -0.0188. The lowest BCUT2D eigenvalue weighted by Gasteiger charge is -2.10. The van der Waals surface area contributed by atoms with E-state index in [1.165, 1.54) is 14.0 Å². The van der Waals surface area contributed by atoms with Gasteiger partial charge in [0.15, 0.2) is 5.17 Å². The van der Waals surface area contributed by atoms with Gasteiger partial charge in [0.2, 0.25) is 17.7 Å². The first-order valence-corrected chi connectivity index (χ1v) is 10.6. The van der Waals surface area contributed by atoms with Gasteiger partial charge < -0.3 is 20.7 Å². The van der Waals surface area contributed by atoms with Crippen molar-refractivity contribution in [1.82, 2.24) is 5.32 Å². The van der Waals surface area contributed by atoms with E-state index in [0.29, 0.717) is 28.0 Å². The summed E-state index contributed by atoms with van der Waals surface area (Å²) in [7, 11) is 1.52. The maximum atomic E-state index is 12.4. The van der Waals surface area contributed by atoms with Crippen molar-refractivity contribution in [1.29, 1.82) is 0 Å². The van der Waals surface area contributed by atoms with Crippen LogP contribution in [0.4, 0.5) is 11.4 Å². The van der Waals surface area contributed by atoms with E-state index in [1.54, 1.807) is 49.4 Å². The third-order valence-corrected chi connectivity index (χ3v) is 5.49. The lowest BCUT2D eigenvalue weighted by molar-refractivity contribution is -0.122. The third-order valence-electron chi connectivity index (χ3n) is 4.42. The molecule has 1 heterocycles. The highest BCUT2D eigenvalue weighted by atomic mass is 32.2. The predicted octanol–water partition coefficient (Wildman–Crippen LogP) is 2.99. The number of nitrogens with one attached hydrogen (secondary N) is 3. The van der Waals surface area contributed by atoms with Gasteiger partial charge in [-0.15, -0.1) is 5.10 Å². The van der Waals surface area contributed by atoms with E-state index in [2.05, 4.69) is 26.2 Å². The third kappa shape index (κ3) is 6.17. The second-order valence-corrected chi connectivity index (χ2v) is 8.09.